The Labute approximate surface area is 117 Å². The molecule has 0 unspecified atom stereocenters. The highest BCUT2D eigenvalue weighted by Gasteiger charge is 2.31. The number of hydrogen-bond acceptors (Lipinski definition) is 4. The SMILES string of the molecule is O=S(=O)(c1cn[nH]c1)N1CCC[C@H](c2ccncc2)C1. The van der Waals surface area contributed by atoms with Gasteiger partial charge in [-0.1, -0.05) is 0 Å². The molecule has 0 aliphatic carbocycles. The minimum absolute atomic E-state index is 0.230. The summed E-state index contributed by atoms with van der Waals surface area (Å²) in [5.74, 6) is 0.230. The van der Waals surface area contributed by atoms with E-state index in [1.165, 1.54) is 12.4 Å². The Morgan fingerprint density at radius 1 is 1.30 bits per heavy atom. The highest BCUT2D eigenvalue weighted by molar-refractivity contribution is 7.89. The maximum Gasteiger partial charge on any atom is 0.246 e. The number of hydrogen-bond donors (Lipinski definition) is 1. The molecule has 1 saturated heterocycles. The van der Waals surface area contributed by atoms with Crippen molar-refractivity contribution in [1.29, 1.82) is 0 Å². The van der Waals surface area contributed by atoms with Crippen LogP contribution < -0.4 is 0 Å². The Hall–Kier alpha value is -1.73. The average molecular weight is 292 g/mol. The summed E-state index contributed by atoms with van der Waals surface area (Å²) in [7, 11) is -3.44. The molecule has 1 fully saturated rings. The Kier molecular flexibility index (Phi) is 3.54. The smallest absolute Gasteiger partial charge is 0.246 e. The molecule has 2 aromatic rings. The van der Waals surface area contributed by atoms with Gasteiger partial charge in [-0.05, 0) is 36.5 Å². The first-order valence-corrected chi connectivity index (χ1v) is 8.01. The van der Waals surface area contributed by atoms with Crippen molar-refractivity contribution >= 4 is 10.0 Å². The molecular weight excluding hydrogens is 276 g/mol. The van der Waals surface area contributed by atoms with E-state index in [9.17, 15) is 8.42 Å². The Morgan fingerprint density at radius 2 is 2.10 bits per heavy atom. The second-order valence-corrected chi connectivity index (χ2v) is 6.85. The Balaban J connectivity index is 1.83. The van der Waals surface area contributed by atoms with Gasteiger partial charge in [-0.25, -0.2) is 8.42 Å². The fraction of sp³-hybridized carbons (Fsp3) is 0.385. The summed E-state index contributed by atoms with van der Waals surface area (Å²) in [6, 6.07) is 3.91. The Bertz CT molecular complexity index is 655. The van der Waals surface area contributed by atoms with E-state index < -0.39 is 10.0 Å². The third kappa shape index (κ3) is 2.46. The fourth-order valence-electron chi connectivity index (χ4n) is 2.60. The van der Waals surface area contributed by atoms with E-state index in [-0.39, 0.29) is 10.8 Å². The lowest BCUT2D eigenvalue weighted by Gasteiger charge is -2.31. The lowest BCUT2D eigenvalue weighted by Crippen LogP contribution is -2.38. The third-order valence-corrected chi connectivity index (χ3v) is 5.50. The van der Waals surface area contributed by atoms with Crippen LogP contribution >= 0.6 is 0 Å². The maximum atomic E-state index is 12.5. The topological polar surface area (TPSA) is 79.0 Å². The lowest BCUT2D eigenvalue weighted by molar-refractivity contribution is 0.315. The molecule has 0 aromatic carbocycles. The summed E-state index contributed by atoms with van der Waals surface area (Å²) >= 11 is 0. The van der Waals surface area contributed by atoms with Crippen LogP contribution in [0, 0.1) is 0 Å². The molecule has 0 saturated carbocycles. The molecular formula is C13H16N4O2S. The van der Waals surface area contributed by atoms with E-state index in [4.69, 9.17) is 0 Å². The number of aromatic nitrogens is 3. The number of rotatable bonds is 3. The van der Waals surface area contributed by atoms with Crippen LogP contribution in [0.3, 0.4) is 0 Å². The molecule has 20 heavy (non-hydrogen) atoms. The van der Waals surface area contributed by atoms with Gasteiger partial charge in [0, 0.05) is 31.7 Å². The predicted molar refractivity (Wildman–Crippen MR) is 73.6 cm³/mol. The summed E-state index contributed by atoms with van der Waals surface area (Å²) in [5.41, 5.74) is 1.15. The van der Waals surface area contributed by atoms with E-state index in [1.807, 2.05) is 12.1 Å². The monoisotopic (exact) mass is 292 g/mol. The molecule has 3 rings (SSSR count). The molecule has 0 radical (unpaired) electrons. The average Bonchev–Trinajstić information content (AvgIpc) is 3.03. The van der Waals surface area contributed by atoms with Gasteiger partial charge in [0.05, 0.1) is 6.20 Å². The standard InChI is InChI=1S/C13H16N4O2S/c18-20(19,13-8-15-16-9-13)17-7-1-2-12(10-17)11-3-5-14-6-4-11/h3-6,8-9,12H,1-2,7,10H2,(H,15,16)/t12-/m0/s1. The third-order valence-electron chi connectivity index (χ3n) is 3.67. The van der Waals surface area contributed by atoms with Gasteiger partial charge in [0.2, 0.25) is 10.0 Å². The van der Waals surface area contributed by atoms with Gasteiger partial charge in [-0.2, -0.15) is 9.40 Å². The zero-order chi connectivity index (χ0) is 14.0. The summed E-state index contributed by atoms with van der Waals surface area (Å²) in [6.07, 6.45) is 8.14. The second kappa shape index (κ2) is 5.34. The van der Waals surface area contributed by atoms with Crippen molar-refractivity contribution < 1.29 is 8.42 Å². The van der Waals surface area contributed by atoms with E-state index in [0.29, 0.717) is 13.1 Å². The minimum atomic E-state index is -3.44. The summed E-state index contributed by atoms with van der Waals surface area (Å²) in [6.45, 7) is 1.08. The van der Waals surface area contributed by atoms with Crippen LogP contribution in [0.2, 0.25) is 0 Å². The number of nitrogens with one attached hydrogen (secondary N) is 1. The summed E-state index contributed by atoms with van der Waals surface area (Å²) in [5, 5.41) is 6.28. The number of sulfonamides is 1. The molecule has 0 amide bonds. The minimum Gasteiger partial charge on any atom is -0.284 e. The largest absolute Gasteiger partial charge is 0.284 e. The van der Waals surface area contributed by atoms with Gasteiger partial charge in [0.25, 0.3) is 0 Å². The molecule has 1 aliphatic rings. The van der Waals surface area contributed by atoms with Crippen LogP contribution in [0.4, 0.5) is 0 Å². The van der Waals surface area contributed by atoms with E-state index in [1.54, 1.807) is 16.7 Å². The van der Waals surface area contributed by atoms with E-state index >= 15 is 0 Å². The molecule has 3 heterocycles. The molecule has 1 aliphatic heterocycles. The number of piperidine rings is 1. The van der Waals surface area contributed by atoms with Gasteiger partial charge in [-0.15, -0.1) is 0 Å². The van der Waals surface area contributed by atoms with E-state index in [2.05, 4.69) is 15.2 Å². The van der Waals surface area contributed by atoms with Crippen molar-refractivity contribution in [3.05, 3.63) is 42.5 Å². The van der Waals surface area contributed by atoms with Crippen LogP contribution in [-0.2, 0) is 10.0 Å². The molecule has 1 N–H and O–H groups in total. The van der Waals surface area contributed by atoms with Crippen molar-refractivity contribution in [3.8, 4) is 0 Å². The van der Waals surface area contributed by atoms with Crippen molar-refractivity contribution in [2.24, 2.45) is 0 Å². The lowest BCUT2D eigenvalue weighted by atomic mass is 9.92. The van der Waals surface area contributed by atoms with Crippen molar-refractivity contribution in [2.45, 2.75) is 23.7 Å². The van der Waals surface area contributed by atoms with Crippen LogP contribution in [0.1, 0.15) is 24.3 Å². The number of H-pyrrole nitrogens is 1. The number of aromatic amines is 1. The summed E-state index contributed by atoms with van der Waals surface area (Å²) < 4.78 is 26.5. The molecule has 2 aromatic heterocycles. The fourth-order valence-corrected chi connectivity index (χ4v) is 4.03. The molecule has 106 valence electrons. The molecule has 7 heteroatoms. The second-order valence-electron chi connectivity index (χ2n) is 4.92. The zero-order valence-corrected chi connectivity index (χ0v) is 11.8. The van der Waals surface area contributed by atoms with Gasteiger partial charge < -0.3 is 0 Å². The van der Waals surface area contributed by atoms with Gasteiger partial charge in [0.15, 0.2) is 0 Å². The molecule has 0 spiro atoms. The van der Waals surface area contributed by atoms with E-state index in [0.717, 1.165) is 18.4 Å². The normalized spacial score (nSPS) is 20.9. The summed E-state index contributed by atoms with van der Waals surface area (Å²) in [4.78, 5) is 4.23. The molecule has 1 atom stereocenters. The van der Waals surface area contributed by atoms with Gasteiger partial charge in [-0.3, -0.25) is 10.1 Å². The highest BCUT2D eigenvalue weighted by Crippen LogP contribution is 2.29. The van der Waals surface area contributed by atoms with Gasteiger partial charge >= 0.3 is 0 Å². The first-order valence-electron chi connectivity index (χ1n) is 6.57. The quantitative estimate of drug-likeness (QED) is 0.926. The molecule has 6 nitrogen and oxygen atoms in total. The maximum absolute atomic E-state index is 12.5. The Morgan fingerprint density at radius 3 is 2.80 bits per heavy atom. The van der Waals surface area contributed by atoms with Crippen LogP contribution in [0.15, 0.2) is 41.8 Å². The molecule has 0 bridgehead atoms. The first kappa shape index (κ1) is 13.3. The van der Waals surface area contributed by atoms with Gasteiger partial charge in [0.1, 0.15) is 4.90 Å². The number of pyridine rings is 1. The number of nitrogens with zero attached hydrogens (tertiary/aromatic N) is 3. The predicted octanol–water partition coefficient (Wildman–Crippen LogP) is 1.37. The van der Waals surface area contributed by atoms with Crippen LogP contribution in [0.5, 0.6) is 0 Å². The highest BCUT2D eigenvalue weighted by atomic mass is 32.2. The first-order chi connectivity index (χ1) is 9.68. The van der Waals surface area contributed by atoms with Crippen molar-refractivity contribution in [3.63, 3.8) is 0 Å². The van der Waals surface area contributed by atoms with Crippen LogP contribution in [-0.4, -0.2) is 41.0 Å². The van der Waals surface area contributed by atoms with Crippen molar-refractivity contribution in [1.82, 2.24) is 19.5 Å². The van der Waals surface area contributed by atoms with Crippen molar-refractivity contribution in [2.75, 3.05) is 13.1 Å². The zero-order valence-electron chi connectivity index (χ0n) is 10.9. The van der Waals surface area contributed by atoms with Crippen LogP contribution in [0.25, 0.3) is 0 Å².